The molecule has 0 rings (SSSR count). The van der Waals surface area contributed by atoms with E-state index in [1.165, 1.54) is 128 Å². The normalized spacial score (nSPS) is 14.4. The van der Waals surface area contributed by atoms with Gasteiger partial charge >= 0.3 is 39.5 Å². The third kappa shape index (κ3) is 60.9. The van der Waals surface area contributed by atoms with Crippen LogP contribution in [0.2, 0.25) is 0 Å². The van der Waals surface area contributed by atoms with E-state index in [-0.39, 0.29) is 25.7 Å². The number of hydrogen-bond acceptors (Lipinski definition) is 15. The second-order valence-electron chi connectivity index (χ2n) is 26.1. The molecule has 17 nitrogen and oxygen atoms in total. The third-order valence-corrected chi connectivity index (χ3v) is 17.2. The molecule has 0 aliphatic carbocycles. The van der Waals surface area contributed by atoms with E-state index < -0.39 is 97.5 Å². The van der Waals surface area contributed by atoms with Gasteiger partial charge in [0.2, 0.25) is 0 Å². The van der Waals surface area contributed by atoms with Crippen LogP contribution in [0.25, 0.3) is 0 Å². The van der Waals surface area contributed by atoms with Crippen molar-refractivity contribution in [2.45, 2.75) is 343 Å². The van der Waals surface area contributed by atoms with E-state index >= 15 is 0 Å². The SMILES string of the molecule is CC(C)CCCCCCCCCCCCC(=O)O[C@H](COC(=O)CCCCCCCCCCC(C)C)COP(=O)(O)OCC(O)COP(=O)(O)OC[C@@H](COC(=O)CCCCCCCCCCCC(C)C)OC(=O)CCCCCCCCCC(C)C. The Morgan fingerprint density at radius 1 is 0.291 bits per heavy atom. The highest BCUT2D eigenvalue weighted by molar-refractivity contribution is 7.47. The van der Waals surface area contributed by atoms with Crippen LogP contribution in [-0.4, -0.2) is 96.7 Å². The van der Waals surface area contributed by atoms with Crippen LogP contribution in [0.3, 0.4) is 0 Å². The minimum absolute atomic E-state index is 0.102. The Morgan fingerprint density at radius 3 is 0.721 bits per heavy atom. The van der Waals surface area contributed by atoms with Crippen molar-refractivity contribution in [2.24, 2.45) is 23.7 Å². The number of unbranched alkanes of at least 4 members (excludes halogenated alkanes) is 30. The molecule has 19 heteroatoms. The summed E-state index contributed by atoms with van der Waals surface area (Å²) in [4.78, 5) is 72.4. The fraction of sp³-hybridized carbons (Fsp3) is 0.940. The average molecular weight is 1270 g/mol. The molecule has 0 aromatic rings. The van der Waals surface area contributed by atoms with Gasteiger partial charge in [-0.25, -0.2) is 9.13 Å². The Labute approximate surface area is 524 Å². The van der Waals surface area contributed by atoms with Gasteiger partial charge in [-0.15, -0.1) is 0 Å². The number of carbonyl (C=O) groups is 4. The first-order valence-corrected chi connectivity index (χ1v) is 37.7. The van der Waals surface area contributed by atoms with Crippen molar-refractivity contribution in [1.82, 2.24) is 0 Å². The molecule has 0 aliphatic rings. The molecular formula is C67H130O17P2. The fourth-order valence-electron chi connectivity index (χ4n) is 9.96. The highest BCUT2D eigenvalue weighted by Gasteiger charge is 2.30. The molecule has 0 saturated heterocycles. The minimum Gasteiger partial charge on any atom is -0.462 e. The Hall–Kier alpha value is -1.94. The van der Waals surface area contributed by atoms with Crippen molar-refractivity contribution in [1.29, 1.82) is 0 Å². The van der Waals surface area contributed by atoms with Crippen molar-refractivity contribution in [3.63, 3.8) is 0 Å². The van der Waals surface area contributed by atoms with E-state index in [1.807, 2.05) is 0 Å². The molecule has 510 valence electrons. The van der Waals surface area contributed by atoms with E-state index in [1.54, 1.807) is 0 Å². The lowest BCUT2D eigenvalue weighted by molar-refractivity contribution is -0.161. The number of esters is 4. The Bertz CT molecular complexity index is 1710. The molecule has 0 fully saturated rings. The Balaban J connectivity index is 5.25. The van der Waals surface area contributed by atoms with E-state index in [9.17, 15) is 43.2 Å². The van der Waals surface area contributed by atoms with Crippen LogP contribution in [0, 0.1) is 23.7 Å². The smallest absolute Gasteiger partial charge is 0.462 e. The van der Waals surface area contributed by atoms with Crippen molar-refractivity contribution in [3.8, 4) is 0 Å². The summed E-state index contributed by atoms with van der Waals surface area (Å²) in [5.74, 6) is 0.782. The average Bonchev–Trinajstić information content (AvgIpc) is 3.67. The van der Waals surface area contributed by atoms with Gasteiger partial charge in [0.05, 0.1) is 26.4 Å². The summed E-state index contributed by atoms with van der Waals surface area (Å²) in [6, 6.07) is 0. The molecule has 3 unspecified atom stereocenters. The zero-order valence-electron chi connectivity index (χ0n) is 55.9. The largest absolute Gasteiger partial charge is 0.472 e. The number of aliphatic hydroxyl groups excluding tert-OH is 1. The molecule has 5 atom stereocenters. The van der Waals surface area contributed by atoms with Crippen LogP contribution in [0.15, 0.2) is 0 Å². The Morgan fingerprint density at radius 2 is 0.488 bits per heavy atom. The number of phosphoric acid groups is 2. The molecule has 3 N–H and O–H groups in total. The minimum atomic E-state index is -4.95. The van der Waals surface area contributed by atoms with Gasteiger partial charge in [0.25, 0.3) is 0 Å². The number of aliphatic hydroxyl groups is 1. The number of hydrogen-bond donors (Lipinski definition) is 3. The highest BCUT2D eigenvalue weighted by atomic mass is 31.2. The van der Waals surface area contributed by atoms with E-state index in [4.69, 9.17) is 37.0 Å². The second-order valence-corrected chi connectivity index (χ2v) is 29.0. The summed E-state index contributed by atoms with van der Waals surface area (Å²) in [6.07, 6.45) is 37.7. The van der Waals surface area contributed by atoms with Gasteiger partial charge in [-0.1, -0.05) is 274 Å². The zero-order chi connectivity index (χ0) is 63.9. The second kappa shape index (κ2) is 57.0. The number of ether oxygens (including phenoxy) is 4. The molecule has 0 heterocycles. The van der Waals surface area contributed by atoms with Crippen molar-refractivity contribution < 1.29 is 80.2 Å². The number of phosphoric ester groups is 2. The number of carbonyl (C=O) groups excluding carboxylic acids is 4. The summed E-state index contributed by atoms with van der Waals surface area (Å²) in [5, 5.41) is 10.6. The van der Waals surface area contributed by atoms with Crippen LogP contribution in [0.4, 0.5) is 0 Å². The molecular weight excluding hydrogens is 1140 g/mol. The predicted octanol–water partition coefficient (Wildman–Crippen LogP) is 18.5. The maximum Gasteiger partial charge on any atom is 0.472 e. The fourth-order valence-corrected chi connectivity index (χ4v) is 11.5. The van der Waals surface area contributed by atoms with Gasteiger partial charge in [-0.2, -0.15) is 0 Å². The summed E-state index contributed by atoms with van der Waals surface area (Å²) >= 11 is 0. The van der Waals surface area contributed by atoms with Crippen LogP contribution in [-0.2, 0) is 65.4 Å². The van der Waals surface area contributed by atoms with Crippen LogP contribution >= 0.6 is 15.6 Å². The summed E-state index contributed by atoms with van der Waals surface area (Å²) in [7, 11) is -9.90. The first-order chi connectivity index (χ1) is 41.1. The van der Waals surface area contributed by atoms with Gasteiger partial charge in [-0.05, 0) is 49.4 Å². The monoisotopic (exact) mass is 1270 g/mol. The predicted molar refractivity (Wildman–Crippen MR) is 344 cm³/mol. The van der Waals surface area contributed by atoms with Crippen LogP contribution in [0.5, 0.6) is 0 Å². The van der Waals surface area contributed by atoms with Gasteiger partial charge in [0.1, 0.15) is 19.3 Å². The van der Waals surface area contributed by atoms with Gasteiger partial charge < -0.3 is 33.8 Å². The first-order valence-electron chi connectivity index (χ1n) is 34.7. The maximum atomic E-state index is 13.0. The molecule has 0 spiro atoms. The molecule has 0 bridgehead atoms. The van der Waals surface area contributed by atoms with E-state index in [0.29, 0.717) is 31.6 Å². The van der Waals surface area contributed by atoms with Crippen molar-refractivity contribution in [3.05, 3.63) is 0 Å². The maximum absolute atomic E-state index is 13.0. The molecule has 0 radical (unpaired) electrons. The molecule has 86 heavy (non-hydrogen) atoms. The van der Waals surface area contributed by atoms with Gasteiger partial charge in [0.15, 0.2) is 12.2 Å². The van der Waals surface area contributed by atoms with Crippen molar-refractivity contribution in [2.75, 3.05) is 39.6 Å². The first kappa shape index (κ1) is 84.1. The van der Waals surface area contributed by atoms with Crippen molar-refractivity contribution >= 4 is 39.5 Å². The summed E-state index contributed by atoms with van der Waals surface area (Å²) in [5.41, 5.74) is 0. The number of rotatable bonds is 64. The lowest BCUT2D eigenvalue weighted by Crippen LogP contribution is -2.30. The van der Waals surface area contributed by atoms with E-state index in [2.05, 4.69) is 55.4 Å². The molecule has 0 aliphatic heterocycles. The lowest BCUT2D eigenvalue weighted by atomic mass is 10.0. The quantitative estimate of drug-likeness (QED) is 0.0222. The summed E-state index contributed by atoms with van der Waals surface area (Å²) < 4.78 is 68.1. The summed E-state index contributed by atoms with van der Waals surface area (Å²) in [6.45, 7) is 14.0. The Kier molecular flexibility index (Phi) is 55.7. The van der Waals surface area contributed by atoms with Crippen LogP contribution < -0.4 is 0 Å². The molecule has 0 amide bonds. The molecule has 0 aromatic carbocycles. The van der Waals surface area contributed by atoms with Crippen LogP contribution in [0.1, 0.15) is 325 Å². The third-order valence-electron chi connectivity index (χ3n) is 15.3. The highest BCUT2D eigenvalue weighted by Crippen LogP contribution is 2.45. The lowest BCUT2D eigenvalue weighted by Gasteiger charge is -2.21. The molecule has 0 aromatic heterocycles. The van der Waals surface area contributed by atoms with Gasteiger partial charge in [-0.3, -0.25) is 37.3 Å². The molecule has 0 saturated carbocycles. The topological polar surface area (TPSA) is 237 Å². The van der Waals surface area contributed by atoms with E-state index in [0.717, 1.165) is 108 Å². The zero-order valence-corrected chi connectivity index (χ0v) is 57.7. The standard InChI is InChI=1S/C67H130O17P2/c1-57(2)43-35-27-19-12-9-10-14-25-33-41-49-66(71)83-62(53-78-65(70)48-40-32-24-17-16-21-29-37-45-59(5)6)55-81-85(73,74)79-51-61(68)52-80-86(75,76)82-56-63(84-67(72)50-42-34-26-18-22-30-38-46-60(7)8)54-77-64(69)47-39-31-23-15-11-13-20-28-36-44-58(3)4/h57-63,68H,9-56H2,1-8H3,(H,73,74)(H,75,76)/t61?,62-,63-/m1/s1. The van der Waals surface area contributed by atoms with Gasteiger partial charge in [0, 0.05) is 25.7 Å².